The van der Waals surface area contributed by atoms with Gasteiger partial charge in [0.05, 0.1) is 6.10 Å². The number of thiophene rings is 1. The third-order valence-corrected chi connectivity index (χ3v) is 4.04. The zero-order valence-electron chi connectivity index (χ0n) is 8.52. The van der Waals surface area contributed by atoms with Crippen LogP contribution in [0.1, 0.15) is 30.7 Å². The van der Waals surface area contributed by atoms with E-state index in [1.54, 1.807) is 0 Å². The highest BCUT2D eigenvalue weighted by Gasteiger charge is 2.22. The first-order valence-electron chi connectivity index (χ1n) is 5.23. The molecule has 0 aromatic carbocycles. The summed E-state index contributed by atoms with van der Waals surface area (Å²) < 4.78 is 0. The molecule has 1 fully saturated rings. The lowest BCUT2D eigenvalue weighted by atomic mass is 10.1. The number of likely N-dealkylation sites (tertiary alicyclic amines) is 1. The topological polar surface area (TPSA) is 23.5 Å². The normalized spacial score (nSPS) is 22.4. The molecule has 2 heterocycles. The van der Waals surface area contributed by atoms with Crippen LogP contribution in [0.5, 0.6) is 0 Å². The molecule has 3 heteroatoms. The molecule has 1 saturated heterocycles. The predicted octanol–water partition coefficient (Wildman–Crippen LogP) is 2.27. The molecule has 0 unspecified atom stereocenters. The lowest BCUT2D eigenvalue weighted by molar-refractivity contribution is 0.0653. The summed E-state index contributed by atoms with van der Waals surface area (Å²) in [6.45, 7) is 4.31. The summed E-state index contributed by atoms with van der Waals surface area (Å²) in [6.07, 6.45) is 1.78. The highest BCUT2D eigenvalue weighted by atomic mass is 32.1. The average Bonchev–Trinajstić information content (AvgIpc) is 2.71. The second-order valence-electron chi connectivity index (χ2n) is 3.96. The Labute approximate surface area is 89.2 Å². The van der Waals surface area contributed by atoms with Crippen LogP contribution in [-0.4, -0.2) is 29.2 Å². The van der Waals surface area contributed by atoms with Gasteiger partial charge in [0.25, 0.3) is 0 Å². The Morgan fingerprint density at radius 3 is 2.79 bits per heavy atom. The molecule has 0 aliphatic carbocycles. The summed E-state index contributed by atoms with van der Waals surface area (Å²) in [7, 11) is 0. The molecule has 0 radical (unpaired) electrons. The van der Waals surface area contributed by atoms with Gasteiger partial charge in [0.15, 0.2) is 0 Å². The predicted molar refractivity (Wildman–Crippen MR) is 59.5 cm³/mol. The fourth-order valence-electron chi connectivity index (χ4n) is 1.98. The highest BCUT2D eigenvalue weighted by Crippen LogP contribution is 2.27. The molecule has 2 rings (SSSR count). The van der Waals surface area contributed by atoms with Crippen molar-refractivity contribution in [3.63, 3.8) is 0 Å². The van der Waals surface area contributed by atoms with E-state index in [4.69, 9.17) is 0 Å². The summed E-state index contributed by atoms with van der Waals surface area (Å²) in [4.78, 5) is 3.89. The van der Waals surface area contributed by atoms with Crippen LogP contribution in [0.25, 0.3) is 0 Å². The lowest BCUT2D eigenvalue weighted by Crippen LogP contribution is -2.37. The number of piperidine rings is 1. The van der Waals surface area contributed by atoms with Crippen molar-refractivity contribution in [3.8, 4) is 0 Å². The molecule has 0 spiro atoms. The summed E-state index contributed by atoms with van der Waals surface area (Å²) in [5, 5.41) is 11.5. The molecular formula is C11H17NOS. The van der Waals surface area contributed by atoms with Crippen LogP contribution in [0, 0.1) is 0 Å². The van der Waals surface area contributed by atoms with Gasteiger partial charge in [-0.05, 0) is 31.2 Å². The summed E-state index contributed by atoms with van der Waals surface area (Å²) in [5.74, 6) is 0. The Kier molecular flexibility index (Phi) is 3.21. The molecule has 1 aromatic heterocycles. The van der Waals surface area contributed by atoms with Crippen molar-refractivity contribution in [2.45, 2.75) is 31.9 Å². The highest BCUT2D eigenvalue weighted by molar-refractivity contribution is 7.10. The number of rotatable bonds is 2. The Bertz CT molecular complexity index is 265. The number of aliphatic hydroxyl groups is 1. The van der Waals surface area contributed by atoms with Crippen LogP contribution in [0.2, 0.25) is 0 Å². The summed E-state index contributed by atoms with van der Waals surface area (Å²) in [6, 6.07) is 4.82. The van der Waals surface area contributed by atoms with Crippen LogP contribution >= 0.6 is 11.3 Å². The van der Waals surface area contributed by atoms with Crippen LogP contribution in [0.4, 0.5) is 0 Å². The largest absolute Gasteiger partial charge is 0.393 e. The molecule has 1 aliphatic heterocycles. The van der Waals surface area contributed by atoms with Gasteiger partial charge in [-0.25, -0.2) is 0 Å². The SMILES string of the molecule is C[C@@H](c1cccs1)N1CCC(O)CC1. The van der Waals surface area contributed by atoms with Gasteiger partial charge in [0.1, 0.15) is 0 Å². The lowest BCUT2D eigenvalue weighted by Gasteiger charge is -2.33. The van der Waals surface area contributed by atoms with E-state index in [0.29, 0.717) is 6.04 Å². The Hall–Kier alpha value is -0.380. The zero-order valence-corrected chi connectivity index (χ0v) is 9.33. The molecule has 0 bridgehead atoms. The van der Waals surface area contributed by atoms with E-state index in [0.717, 1.165) is 25.9 Å². The van der Waals surface area contributed by atoms with Gasteiger partial charge in [0.2, 0.25) is 0 Å². The van der Waals surface area contributed by atoms with Crippen molar-refractivity contribution in [2.24, 2.45) is 0 Å². The average molecular weight is 211 g/mol. The van der Waals surface area contributed by atoms with E-state index in [2.05, 4.69) is 29.3 Å². The quantitative estimate of drug-likeness (QED) is 0.811. The van der Waals surface area contributed by atoms with Gasteiger partial charge >= 0.3 is 0 Å². The van der Waals surface area contributed by atoms with Crippen molar-refractivity contribution in [1.29, 1.82) is 0 Å². The van der Waals surface area contributed by atoms with E-state index < -0.39 is 0 Å². The second-order valence-corrected chi connectivity index (χ2v) is 4.94. The van der Waals surface area contributed by atoms with Gasteiger partial charge in [-0.2, -0.15) is 0 Å². The van der Waals surface area contributed by atoms with Gasteiger partial charge in [-0.15, -0.1) is 11.3 Å². The molecule has 1 aliphatic rings. The maximum absolute atomic E-state index is 9.42. The van der Waals surface area contributed by atoms with Gasteiger partial charge in [-0.1, -0.05) is 6.07 Å². The van der Waals surface area contributed by atoms with E-state index >= 15 is 0 Å². The standard InChI is InChI=1S/C11H17NOS/c1-9(11-3-2-8-14-11)12-6-4-10(13)5-7-12/h2-3,8-10,13H,4-7H2,1H3/t9-/m0/s1. The molecule has 1 aromatic rings. The fourth-order valence-corrected chi connectivity index (χ4v) is 2.80. The first kappa shape index (κ1) is 10.1. The number of nitrogens with zero attached hydrogens (tertiary/aromatic N) is 1. The third-order valence-electron chi connectivity index (χ3n) is 3.00. The number of aliphatic hydroxyl groups excluding tert-OH is 1. The summed E-state index contributed by atoms with van der Waals surface area (Å²) >= 11 is 1.82. The molecule has 2 nitrogen and oxygen atoms in total. The van der Waals surface area contributed by atoms with Crippen LogP contribution < -0.4 is 0 Å². The van der Waals surface area contributed by atoms with Crippen LogP contribution in [-0.2, 0) is 0 Å². The maximum atomic E-state index is 9.42. The molecule has 1 atom stereocenters. The number of hydrogen-bond acceptors (Lipinski definition) is 3. The Morgan fingerprint density at radius 2 is 2.21 bits per heavy atom. The van der Waals surface area contributed by atoms with Crippen molar-refractivity contribution in [3.05, 3.63) is 22.4 Å². The first-order chi connectivity index (χ1) is 6.77. The van der Waals surface area contributed by atoms with E-state index in [9.17, 15) is 5.11 Å². The fraction of sp³-hybridized carbons (Fsp3) is 0.636. The zero-order chi connectivity index (χ0) is 9.97. The summed E-state index contributed by atoms with van der Waals surface area (Å²) in [5.41, 5.74) is 0. The third kappa shape index (κ3) is 2.16. The molecule has 0 amide bonds. The molecule has 0 saturated carbocycles. The number of hydrogen-bond donors (Lipinski definition) is 1. The monoisotopic (exact) mass is 211 g/mol. The van der Waals surface area contributed by atoms with Gasteiger partial charge in [-0.3, -0.25) is 4.90 Å². The van der Waals surface area contributed by atoms with Crippen LogP contribution in [0.3, 0.4) is 0 Å². The second kappa shape index (κ2) is 4.43. The molecule has 1 N–H and O–H groups in total. The molecule has 78 valence electrons. The van der Waals surface area contributed by atoms with Crippen molar-refractivity contribution in [2.75, 3.05) is 13.1 Å². The Morgan fingerprint density at radius 1 is 1.50 bits per heavy atom. The van der Waals surface area contributed by atoms with Crippen molar-refractivity contribution in [1.82, 2.24) is 4.90 Å². The van der Waals surface area contributed by atoms with Gasteiger partial charge < -0.3 is 5.11 Å². The van der Waals surface area contributed by atoms with Crippen molar-refractivity contribution >= 4 is 11.3 Å². The van der Waals surface area contributed by atoms with Crippen LogP contribution in [0.15, 0.2) is 17.5 Å². The minimum atomic E-state index is -0.0678. The first-order valence-corrected chi connectivity index (χ1v) is 6.11. The Balaban J connectivity index is 1.95. The van der Waals surface area contributed by atoms with E-state index in [-0.39, 0.29) is 6.10 Å². The maximum Gasteiger partial charge on any atom is 0.0564 e. The smallest absolute Gasteiger partial charge is 0.0564 e. The van der Waals surface area contributed by atoms with E-state index in [1.807, 2.05) is 11.3 Å². The van der Waals surface area contributed by atoms with Crippen molar-refractivity contribution < 1.29 is 5.11 Å². The minimum Gasteiger partial charge on any atom is -0.393 e. The molecular weight excluding hydrogens is 194 g/mol. The minimum absolute atomic E-state index is 0.0678. The molecule has 14 heavy (non-hydrogen) atoms. The van der Waals surface area contributed by atoms with E-state index in [1.165, 1.54) is 4.88 Å². The van der Waals surface area contributed by atoms with Gasteiger partial charge in [0, 0.05) is 24.0 Å².